The van der Waals surface area contributed by atoms with Crippen LogP contribution in [0.15, 0.2) is 35.4 Å². The van der Waals surface area contributed by atoms with Crippen molar-refractivity contribution in [1.82, 2.24) is 9.19 Å². The lowest BCUT2D eigenvalue weighted by Crippen LogP contribution is -2.16. The summed E-state index contributed by atoms with van der Waals surface area (Å²) in [5.74, 6) is -0.666. The van der Waals surface area contributed by atoms with Gasteiger partial charge in [-0.1, -0.05) is 6.07 Å². The minimum Gasteiger partial charge on any atom is -0.472 e. The highest BCUT2D eigenvalue weighted by Crippen LogP contribution is 2.39. The molecule has 0 atom stereocenters. The Balaban J connectivity index is 2.30. The summed E-state index contributed by atoms with van der Waals surface area (Å²) in [4.78, 5) is 11.3. The van der Waals surface area contributed by atoms with E-state index < -0.39 is 11.4 Å². The van der Waals surface area contributed by atoms with Crippen LogP contribution in [0.2, 0.25) is 0 Å². The Bertz CT molecular complexity index is 688. The van der Waals surface area contributed by atoms with Crippen molar-refractivity contribution in [2.75, 3.05) is 0 Å². The molecule has 1 heterocycles. The van der Waals surface area contributed by atoms with E-state index in [1.165, 1.54) is 34.5 Å². The molecule has 0 bridgehead atoms. The number of nitrogens with two attached hydrogens (primary N) is 1. The number of aromatic nitrogens is 2. The van der Waals surface area contributed by atoms with Crippen LogP contribution in [0.3, 0.4) is 0 Å². The van der Waals surface area contributed by atoms with Gasteiger partial charge in [0.05, 0.1) is 0 Å². The van der Waals surface area contributed by atoms with Gasteiger partial charge >= 0.3 is 5.51 Å². The summed E-state index contributed by atoms with van der Waals surface area (Å²) < 4.78 is 44.3. The Morgan fingerprint density at radius 2 is 2.14 bits per heavy atom. The molecule has 0 saturated heterocycles. The van der Waals surface area contributed by atoms with Gasteiger partial charge in [0.2, 0.25) is 11.8 Å². The molecular weight excluding hydrogens is 339 g/mol. The number of carbonyl (C=O) groups is 1. The van der Waals surface area contributed by atoms with Gasteiger partial charge in [-0.2, -0.15) is 13.2 Å². The van der Waals surface area contributed by atoms with Gasteiger partial charge < -0.3 is 10.5 Å². The third-order valence-corrected chi connectivity index (χ3v) is 3.60. The van der Waals surface area contributed by atoms with Crippen molar-refractivity contribution < 1.29 is 22.7 Å². The Hall–Kier alpha value is -1.81. The number of carbonyl (C=O) groups excluding carboxylic acids is 1. The van der Waals surface area contributed by atoms with E-state index in [1.54, 1.807) is 0 Å². The largest absolute Gasteiger partial charge is 0.472 e. The lowest BCUT2D eigenvalue weighted by Gasteiger charge is -2.14. The van der Waals surface area contributed by atoms with Crippen LogP contribution >= 0.6 is 24.6 Å². The fraction of sp³-hybridized carbons (Fsp3) is 0.167. The number of ether oxygens (including phenoxy) is 1. The van der Waals surface area contributed by atoms with Crippen molar-refractivity contribution in [3.05, 3.63) is 41.6 Å². The van der Waals surface area contributed by atoms with E-state index in [0.717, 1.165) is 0 Å². The van der Waals surface area contributed by atoms with Gasteiger partial charge in [0.15, 0.2) is 0 Å². The highest BCUT2D eigenvalue weighted by atomic mass is 32.2. The molecule has 0 radical (unpaired) electrons. The van der Waals surface area contributed by atoms with E-state index in [0.29, 0.717) is 0 Å². The average Bonchev–Trinajstić information content (AvgIpc) is 2.81. The summed E-state index contributed by atoms with van der Waals surface area (Å²) in [5.41, 5.74) is 0.748. The molecule has 2 N–H and O–H groups in total. The van der Waals surface area contributed by atoms with Crippen LogP contribution in [0.1, 0.15) is 15.9 Å². The summed E-state index contributed by atoms with van der Waals surface area (Å²) in [7, 11) is 0. The summed E-state index contributed by atoms with van der Waals surface area (Å²) in [6.07, 6.45) is 1.49. The van der Waals surface area contributed by atoms with Crippen LogP contribution < -0.4 is 10.5 Å². The SMILES string of the molecule is NC(=O)c1cccc(SC(F)(F)F)c1COc1ccn(S)n1. The highest BCUT2D eigenvalue weighted by Gasteiger charge is 2.31. The van der Waals surface area contributed by atoms with Crippen molar-refractivity contribution in [2.24, 2.45) is 5.73 Å². The van der Waals surface area contributed by atoms with Crippen molar-refractivity contribution in [2.45, 2.75) is 17.0 Å². The van der Waals surface area contributed by atoms with E-state index >= 15 is 0 Å². The maximum absolute atomic E-state index is 12.6. The second-order valence-corrected chi connectivity index (χ2v) is 5.57. The van der Waals surface area contributed by atoms with Gasteiger partial charge in [0.1, 0.15) is 6.61 Å². The molecule has 22 heavy (non-hydrogen) atoms. The molecular formula is C12H10F3N3O2S2. The zero-order chi connectivity index (χ0) is 16.3. The second kappa shape index (κ2) is 6.53. The van der Waals surface area contributed by atoms with Crippen molar-refractivity contribution in [3.63, 3.8) is 0 Å². The predicted octanol–water partition coefficient (Wildman–Crippen LogP) is 2.87. The zero-order valence-electron chi connectivity index (χ0n) is 10.9. The minimum absolute atomic E-state index is 0.0282. The van der Waals surface area contributed by atoms with Gasteiger partial charge in [0.25, 0.3) is 0 Å². The van der Waals surface area contributed by atoms with E-state index in [-0.39, 0.29) is 40.3 Å². The number of nitrogens with zero attached hydrogens (tertiary/aromatic N) is 2. The fourth-order valence-corrected chi connectivity index (χ4v) is 2.53. The molecule has 0 saturated carbocycles. The Labute approximate surface area is 133 Å². The average molecular weight is 349 g/mol. The highest BCUT2D eigenvalue weighted by molar-refractivity contribution is 8.00. The summed E-state index contributed by atoms with van der Waals surface area (Å²) in [6, 6.07) is 5.41. The first-order chi connectivity index (χ1) is 10.3. The first kappa shape index (κ1) is 16.6. The predicted molar refractivity (Wildman–Crippen MR) is 77.8 cm³/mol. The van der Waals surface area contributed by atoms with E-state index in [1.807, 2.05) is 0 Å². The number of thioether (sulfide) groups is 1. The molecule has 2 rings (SSSR count). The lowest BCUT2D eigenvalue weighted by molar-refractivity contribution is -0.0328. The summed E-state index contributed by atoms with van der Waals surface area (Å²) >= 11 is 3.58. The van der Waals surface area contributed by atoms with Crippen LogP contribution in [0.4, 0.5) is 13.2 Å². The molecule has 1 aromatic heterocycles. The lowest BCUT2D eigenvalue weighted by atomic mass is 10.1. The van der Waals surface area contributed by atoms with Crippen molar-refractivity contribution >= 4 is 30.5 Å². The standard InChI is InChI=1S/C12H10F3N3O2S2/c13-12(14,15)22-9-3-1-2-7(11(16)19)8(9)6-20-10-4-5-18(21)17-10/h1-5,21H,6H2,(H2,16,19). The quantitative estimate of drug-likeness (QED) is 0.643. The second-order valence-electron chi connectivity index (χ2n) is 4.06. The number of amides is 1. The Morgan fingerprint density at radius 3 is 2.68 bits per heavy atom. The maximum Gasteiger partial charge on any atom is 0.446 e. The van der Waals surface area contributed by atoms with E-state index in [9.17, 15) is 18.0 Å². The Kier molecular flexibility index (Phi) is 4.91. The maximum atomic E-state index is 12.6. The number of benzene rings is 1. The molecule has 118 valence electrons. The van der Waals surface area contributed by atoms with Crippen LogP contribution in [0.5, 0.6) is 5.88 Å². The van der Waals surface area contributed by atoms with Crippen LogP contribution in [0, 0.1) is 0 Å². The zero-order valence-corrected chi connectivity index (χ0v) is 12.6. The molecule has 10 heteroatoms. The van der Waals surface area contributed by atoms with Crippen molar-refractivity contribution in [3.8, 4) is 5.88 Å². The number of alkyl halides is 3. The monoisotopic (exact) mass is 349 g/mol. The number of hydrogen-bond acceptors (Lipinski definition) is 5. The molecule has 0 aliphatic carbocycles. The van der Waals surface area contributed by atoms with Crippen LogP contribution in [-0.2, 0) is 6.61 Å². The van der Waals surface area contributed by atoms with Crippen LogP contribution in [0.25, 0.3) is 0 Å². The third kappa shape index (κ3) is 4.34. The van der Waals surface area contributed by atoms with E-state index in [2.05, 4.69) is 17.9 Å². The molecule has 0 spiro atoms. The molecule has 0 aliphatic rings. The normalized spacial score (nSPS) is 11.5. The number of thiol groups is 1. The van der Waals surface area contributed by atoms with Crippen LogP contribution in [-0.4, -0.2) is 20.6 Å². The summed E-state index contributed by atoms with van der Waals surface area (Å²) in [5, 5.41) is 3.82. The van der Waals surface area contributed by atoms with Gasteiger partial charge in [-0.3, -0.25) is 4.79 Å². The molecule has 1 amide bonds. The van der Waals surface area contributed by atoms with Crippen molar-refractivity contribution in [1.29, 1.82) is 0 Å². The molecule has 0 unspecified atom stereocenters. The Morgan fingerprint density at radius 1 is 1.41 bits per heavy atom. The third-order valence-electron chi connectivity index (χ3n) is 2.54. The van der Waals surface area contributed by atoms with Gasteiger partial charge in [0, 0.05) is 28.3 Å². The number of rotatable bonds is 5. The summed E-state index contributed by atoms with van der Waals surface area (Å²) in [6.45, 7) is -0.275. The van der Waals surface area contributed by atoms with E-state index in [4.69, 9.17) is 10.5 Å². The number of halogens is 3. The first-order valence-electron chi connectivity index (χ1n) is 5.81. The molecule has 0 aliphatic heterocycles. The molecule has 2 aromatic rings. The number of primary amides is 1. The van der Waals surface area contributed by atoms with Gasteiger partial charge in [-0.05, 0) is 36.7 Å². The number of hydrogen-bond donors (Lipinski definition) is 2. The minimum atomic E-state index is -4.49. The smallest absolute Gasteiger partial charge is 0.446 e. The molecule has 1 aromatic carbocycles. The molecule has 0 fully saturated rings. The molecule has 5 nitrogen and oxygen atoms in total. The fourth-order valence-electron chi connectivity index (χ4n) is 1.69. The first-order valence-corrected chi connectivity index (χ1v) is 7.03. The van der Waals surface area contributed by atoms with Gasteiger partial charge in [-0.25, -0.2) is 4.09 Å². The van der Waals surface area contributed by atoms with Gasteiger partial charge in [-0.15, -0.1) is 5.10 Å². The topological polar surface area (TPSA) is 70.1 Å².